The normalized spacial score (nSPS) is 14.3. The standard InChI is InChI=1S/C19H21ClN2O4S/c1-13-5-6-14(20)11-17(13)21-27(24,25)15-7-8-18(26-2)16(12-15)19(23)22-9-3-4-10-22/h5-8,11-12,21H,3-4,9-10H2,1-2H3. The second kappa shape index (κ2) is 7.78. The molecule has 2 aromatic carbocycles. The molecule has 0 radical (unpaired) electrons. The maximum absolute atomic E-state index is 12.8. The van der Waals surface area contributed by atoms with Gasteiger partial charge in [-0.3, -0.25) is 9.52 Å². The summed E-state index contributed by atoms with van der Waals surface area (Å²) in [4.78, 5) is 14.5. The first kappa shape index (κ1) is 19.5. The number of carbonyl (C=O) groups excluding carboxylic acids is 1. The van der Waals surface area contributed by atoms with E-state index in [9.17, 15) is 13.2 Å². The lowest BCUT2D eigenvalue weighted by Gasteiger charge is -2.18. The van der Waals surface area contributed by atoms with Crippen LogP contribution in [0.1, 0.15) is 28.8 Å². The number of benzene rings is 2. The van der Waals surface area contributed by atoms with Crippen LogP contribution in [0.25, 0.3) is 0 Å². The molecule has 1 heterocycles. The molecular weight excluding hydrogens is 388 g/mol. The van der Waals surface area contributed by atoms with Gasteiger partial charge in [0.25, 0.3) is 15.9 Å². The quantitative estimate of drug-likeness (QED) is 0.818. The van der Waals surface area contributed by atoms with Gasteiger partial charge in [0.05, 0.1) is 23.3 Å². The topological polar surface area (TPSA) is 75.7 Å². The molecule has 1 saturated heterocycles. The van der Waals surface area contributed by atoms with Gasteiger partial charge in [-0.15, -0.1) is 0 Å². The van der Waals surface area contributed by atoms with Gasteiger partial charge in [0.2, 0.25) is 0 Å². The predicted octanol–water partition coefficient (Wildman–Crippen LogP) is 3.69. The summed E-state index contributed by atoms with van der Waals surface area (Å²) in [5.74, 6) is 0.130. The smallest absolute Gasteiger partial charge is 0.261 e. The Morgan fingerprint density at radius 1 is 1.15 bits per heavy atom. The van der Waals surface area contributed by atoms with Crippen molar-refractivity contribution in [1.82, 2.24) is 4.90 Å². The number of likely N-dealkylation sites (tertiary alicyclic amines) is 1. The first-order chi connectivity index (χ1) is 12.8. The zero-order valence-electron chi connectivity index (χ0n) is 15.2. The number of hydrogen-bond donors (Lipinski definition) is 1. The molecule has 3 rings (SSSR count). The molecule has 0 saturated carbocycles. The van der Waals surface area contributed by atoms with E-state index in [0.29, 0.717) is 29.5 Å². The summed E-state index contributed by atoms with van der Waals surface area (Å²) in [6.45, 7) is 3.11. The zero-order valence-corrected chi connectivity index (χ0v) is 16.7. The summed E-state index contributed by atoms with van der Waals surface area (Å²) in [5, 5.41) is 0.429. The molecule has 144 valence electrons. The van der Waals surface area contributed by atoms with E-state index in [4.69, 9.17) is 16.3 Å². The Morgan fingerprint density at radius 2 is 1.85 bits per heavy atom. The molecule has 0 atom stereocenters. The molecule has 1 aliphatic heterocycles. The number of rotatable bonds is 5. The van der Waals surface area contributed by atoms with Crippen LogP contribution in [-0.4, -0.2) is 39.4 Å². The lowest BCUT2D eigenvalue weighted by atomic mass is 10.1. The third kappa shape index (κ3) is 4.20. The molecule has 27 heavy (non-hydrogen) atoms. The van der Waals surface area contributed by atoms with Gasteiger partial charge in [-0.25, -0.2) is 8.42 Å². The second-order valence-corrected chi connectivity index (χ2v) is 8.54. The van der Waals surface area contributed by atoms with Crippen LogP contribution in [0.3, 0.4) is 0 Å². The molecule has 8 heteroatoms. The van der Waals surface area contributed by atoms with Crippen molar-refractivity contribution in [2.75, 3.05) is 24.9 Å². The minimum atomic E-state index is -3.89. The van der Waals surface area contributed by atoms with Gasteiger partial charge in [-0.1, -0.05) is 17.7 Å². The van der Waals surface area contributed by atoms with Gasteiger partial charge >= 0.3 is 0 Å². The molecular formula is C19H21ClN2O4S. The molecule has 0 spiro atoms. The molecule has 0 aromatic heterocycles. The average molecular weight is 409 g/mol. The van der Waals surface area contributed by atoms with Gasteiger partial charge in [-0.05, 0) is 55.7 Å². The fourth-order valence-electron chi connectivity index (χ4n) is 3.02. The Balaban J connectivity index is 1.96. The molecule has 1 N–H and O–H groups in total. The molecule has 0 bridgehead atoms. The van der Waals surface area contributed by atoms with Crippen molar-refractivity contribution in [3.8, 4) is 5.75 Å². The van der Waals surface area contributed by atoms with Crippen molar-refractivity contribution in [3.63, 3.8) is 0 Å². The third-order valence-electron chi connectivity index (χ3n) is 4.55. The highest BCUT2D eigenvalue weighted by Crippen LogP contribution is 2.28. The molecule has 0 aliphatic carbocycles. The van der Waals surface area contributed by atoms with Crippen LogP contribution >= 0.6 is 11.6 Å². The second-order valence-electron chi connectivity index (χ2n) is 6.43. The van der Waals surface area contributed by atoms with Gasteiger partial charge in [0, 0.05) is 18.1 Å². The Bertz CT molecular complexity index is 970. The van der Waals surface area contributed by atoms with Crippen LogP contribution in [0, 0.1) is 6.92 Å². The van der Waals surface area contributed by atoms with Crippen LogP contribution in [0.2, 0.25) is 5.02 Å². The van der Waals surface area contributed by atoms with E-state index in [1.54, 1.807) is 30.0 Å². The van der Waals surface area contributed by atoms with E-state index < -0.39 is 10.0 Å². The molecule has 6 nitrogen and oxygen atoms in total. The van der Waals surface area contributed by atoms with Crippen LogP contribution in [0.4, 0.5) is 5.69 Å². The van der Waals surface area contributed by atoms with Gasteiger partial charge in [0.15, 0.2) is 0 Å². The van der Waals surface area contributed by atoms with E-state index >= 15 is 0 Å². The number of halogens is 1. The molecule has 1 amide bonds. The highest BCUT2D eigenvalue weighted by molar-refractivity contribution is 7.92. The Labute approximate surface area is 164 Å². The highest BCUT2D eigenvalue weighted by atomic mass is 35.5. The fourth-order valence-corrected chi connectivity index (χ4v) is 4.34. The molecule has 2 aromatic rings. The number of hydrogen-bond acceptors (Lipinski definition) is 4. The van der Waals surface area contributed by atoms with Crippen molar-refractivity contribution >= 4 is 33.2 Å². The number of aryl methyl sites for hydroxylation is 1. The molecule has 1 fully saturated rings. The van der Waals surface area contributed by atoms with E-state index in [0.717, 1.165) is 18.4 Å². The molecule has 1 aliphatic rings. The van der Waals surface area contributed by atoms with Gasteiger partial charge in [-0.2, -0.15) is 0 Å². The summed E-state index contributed by atoms with van der Waals surface area (Å²) >= 11 is 5.97. The third-order valence-corrected chi connectivity index (χ3v) is 6.15. The first-order valence-electron chi connectivity index (χ1n) is 8.58. The van der Waals surface area contributed by atoms with Gasteiger partial charge < -0.3 is 9.64 Å². The summed E-state index contributed by atoms with van der Waals surface area (Å²) in [6.07, 6.45) is 1.89. The van der Waals surface area contributed by atoms with E-state index in [1.807, 2.05) is 0 Å². The fraction of sp³-hybridized carbons (Fsp3) is 0.316. The van der Waals surface area contributed by atoms with E-state index in [-0.39, 0.29) is 16.4 Å². The Morgan fingerprint density at radius 3 is 2.52 bits per heavy atom. The predicted molar refractivity (Wildman–Crippen MR) is 105 cm³/mol. The average Bonchev–Trinajstić information content (AvgIpc) is 3.18. The van der Waals surface area contributed by atoms with Crippen molar-refractivity contribution in [2.24, 2.45) is 0 Å². The van der Waals surface area contributed by atoms with Crippen molar-refractivity contribution in [1.29, 1.82) is 0 Å². The summed E-state index contributed by atoms with van der Waals surface area (Å²) in [5.41, 5.74) is 1.38. The van der Waals surface area contributed by atoms with Crippen LogP contribution in [0.5, 0.6) is 5.75 Å². The van der Waals surface area contributed by atoms with Crippen molar-refractivity contribution in [2.45, 2.75) is 24.7 Å². The largest absolute Gasteiger partial charge is 0.496 e. The zero-order chi connectivity index (χ0) is 19.6. The minimum Gasteiger partial charge on any atom is -0.496 e. The number of carbonyl (C=O) groups is 1. The summed E-state index contributed by atoms with van der Waals surface area (Å²) < 4.78 is 33.5. The number of ether oxygens (including phenoxy) is 1. The van der Waals surface area contributed by atoms with Gasteiger partial charge in [0.1, 0.15) is 5.75 Å². The van der Waals surface area contributed by atoms with E-state index in [1.165, 1.54) is 25.3 Å². The lowest BCUT2D eigenvalue weighted by molar-refractivity contribution is 0.0789. The number of nitrogens with zero attached hydrogens (tertiary/aromatic N) is 1. The summed E-state index contributed by atoms with van der Waals surface area (Å²) in [6, 6.07) is 9.26. The minimum absolute atomic E-state index is 0.00905. The molecule has 0 unspecified atom stereocenters. The van der Waals surface area contributed by atoms with Crippen molar-refractivity contribution in [3.05, 3.63) is 52.5 Å². The first-order valence-corrected chi connectivity index (χ1v) is 10.4. The maximum Gasteiger partial charge on any atom is 0.261 e. The van der Waals surface area contributed by atoms with Crippen LogP contribution in [0.15, 0.2) is 41.3 Å². The summed E-state index contributed by atoms with van der Waals surface area (Å²) in [7, 11) is -2.44. The number of anilines is 1. The van der Waals surface area contributed by atoms with E-state index in [2.05, 4.69) is 4.72 Å². The number of methoxy groups -OCH3 is 1. The Hall–Kier alpha value is -2.25. The SMILES string of the molecule is COc1ccc(S(=O)(=O)Nc2cc(Cl)ccc2C)cc1C(=O)N1CCCC1. The number of sulfonamides is 1. The maximum atomic E-state index is 12.8. The monoisotopic (exact) mass is 408 g/mol. The lowest BCUT2D eigenvalue weighted by Crippen LogP contribution is -2.28. The number of nitrogens with one attached hydrogen (secondary N) is 1. The van der Waals surface area contributed by atoms with Crippen LogP contribution in [-0.2, 0) is 10.0 Å². The number of amides is 1. The highest BCUT2D eigenvalue weighted by Gasteiger charge is 2.25. The van der Waals surface area contributed by atoms with Crippen LogP contribution < -0.4 is 9.46 Å². The Kier molecular flexibility index (Phi) is 5.62. The van der Waals surface area contributed by atoms with Crippen molar-refractivity contribution < 1.29 is 17.9 Å².